The van der Waals surface area contributed by atoms with Crippen molar-refractivity contribution in [2.24, 2.45) is 0 Å². The Morgan fingerprint density at radius 1 is 0.821 bits per heavy atom. The second-order valence-electron chi connectivity index (χ2n) is 7.75. The Hall–Kier alpha value is -1.99. The summed E-state index contributed by atoms with van der Waals surface area (Å²) in [6, 6.07) is 6.15. The molecule has 154 valence electrons. The first-order valence-electron chi connectivity index (χ1n) is 10.3. The standard InChI is InChI=1S/C21H31FN4O2/c22-19-7-5-18(6-8-19)15-23-20(27)16-24-11-13-25(14-12-24)17-21(28)26-9-3-1-2-4-10-26/h5-8H,1-4,9-17H2,(H,23,27). The van der Waals surface area contributed by atoms with Crippen molar-refractivity contribution >= 4 is 11.8 Å². The summed E-state index contributed by atoms with van der Waals surface area (Å²) >= 11 is 0. The summed E-state index contributed by atoms with van der Waals surface area (Å²) < 4.78 is 12.9. The number of carbonyl (C=O) groups is 2. The molecule has 7 heteroatoms. The zero-order valence-corrected chi connectivity index (χ0v) is 16.5. The number of hydrogen-bond acceptors (Lipinski definition) is 4. The number of benzene rings is 1. The molecular formula is C21H31FN4O2. The smallest absolute Gasteiger partial charge is 0.236 e. The minimum Gasteiger partial charge on any atom is -0.351 e. The van der Waals surface area contributed by atoms with Crippen LogP contribution in [0.5, 0.6) is 0 Å². The van der Waals surface area contributed by atoms with Crippen LogP contribution >= 0.6 is 0 Å². The third kappa shape index (κ3) is 6.56. The van der Waals surface area contributed by atoms with Crippen molar-refractivity contribution in [2.45, 2.75) is 32.2 Å². The summed E-state index contributed by atoms with van der Waals surface area (Å²) in [7, 11) is 0. The molecule has 2 aliphatic heterocycles. The minimum absolute atomic E-state index is 0.0292. The molecular weight excluding hydrogens is 359 g/mol. The Morgan fingerprint density at radius 3 is 2.00 bits per heavy atom. The molecule has 1 aromatic carbocycles. The van der Waals surface area contributed by atoms with E-state index in [1.807, 2.05) is 4.90 Å². The van der Waals surface area contributed by atoms with Crippen LogP contribution in [0.2, 0.25) is 0 Å². The quantitative estimate of drug-likeness (QED) is 0.799. The summed E-state index contributed by atoms with van der Waals surface area (Å²) in [6.45, 7) is 6.24. The Bertz CT molecular complexity index is 636. The molecule has 0 atom stereocenters. The first-order valence-corrected chi connectivity index (χ1v) is 10.3. The fraction of sp³-hybridized carbons (Fsp3) is 0.619. The summed E-state index contributed by atoms with van der Waals surface area (Å²) in [5, 5.41) is 2.88. The van der Waals surface area contributed by atoms with Crippen LogP contribution in [0.4, 0.5) is 4.39 Å². The van der Waals surface area contributed by atoms with Gasteiger partial charge in [0.25, 0.3) is 0 Å². The Morgan fingerprint density at radius 2 is 1.39 bits per heavy atom. The number of piperazine rings is 1. The molecule has 28 heavy (non-hydrogen) atoms. The Balaban J connectivity index is 1.33. The van der Waals surface area contributed by atoms with Crippen LogP contribution in [0.25, 0.3) is 0 Å². The average Bonchev–Trinajstić information content (AvgIpc) is 2.99. The van der Waals surface area contributed by atoms with Gasteiger partial charge in [-0.05, 0) is 30.5 Å². The molecule has 1 aromatic rings. The summed E-state index contributed by atoms with van der Waals surface area (Å²) in [6.07, 6.45) is 4.69. The molecule has 0 aliphatic carbocycles. The second kappa shape index (κ2) is 10.5. The van der Waals surface area contributed by atoms with Gasteiger partial charge in [-0.2, -0.15) is 0 Å². The molecule has 2 saturated heterocycles. The number of nitrogens with zero attached hydrogens (tertiary/aromatic N) is 3. The maximum atomic E-state index is 12.9. The van der Waals surface area contributed by atoms with Crippen molar-refractivity contribution in [1.29, 1.82) is 0 Å². The van der Waals surface area contributed by atoms with Gasteiger partial charge in [-0.15, -0.1) is 0 Å². The predicted molar refractivity (Wildman–Crippen MR) is 106 cm³/mol. The van der Waals surface area contributed by atoms with Crippen molar-refractivity contribution in [3.05, 3.63) is 35.6 Å². The largest absolute Gasteiger partial charge is 0.351 e. The molecule has 0 radical (unpaired) electrons. The van der Waals surface area contributed by atoms with Gasteiger partial charge in [0, 0.05) is 45.8 Å². The lowest BCUT2D eigenvalue weighted by Crippen LogP contribution is -2.52. The maximum Gasteiger partial charge on any atom is 0.236 e. The van der Waals surface area contributed by atoms with E-state index in [-0.39, 0.29) is 17.6 Å². The van der Waals surface area contributed by atoms with Gasteiger partial charge in [0.15, 0.2) is 0 Å². The van der Waals surface area contributed by atoms with E-state index in [0.29, 0.717) is 19.6 Å². The van der Waals surface area contributed by atoms with Gasteiger partial charge in [-0.25, -0.2) is 4.39 Å². The molecule has 0 spiro atoms. The topological polar surface area (TPSA) is 55.9 Å². The SMILES string of the molecule is O=C(CN1CCN(CC(=O)N2CCCCCC2)CC1)NCc1ccc(F)cc1. The van der Waals surface area contributed by atoms with Crippen molar-refractivity contribution in [3.8, 4) is 0 Å². The number of carbonyl (C=O) groups excluding carboxylic acids is 2. The molecule has 0 saturated carbocycles. The normalized spacial score (nSPS) is 19.2. The van der Waals surface area contributed by atoms with Crippen molar-refractivity contribution in [1.82, 2.24) is 20.0 Å². The summed E-state index contributed by atoms with van der Waals surface area (Å²) in [5.74, 6) is -0.0620. The number of rotatable bonds is 6. The van der Waals surface area contributed by atoms with E-state index in [1.54, 1.807) is 12.1 Å². The first kappa shape index (κ1) is 20.7. The highest BCUT2D eigenvalue weighted by molar-refractivity contribution is 5.78. The molecule has 2 aliphatic rings. The van der Waals surface area contributed by atoms with Gasteiger partial charge in [0.1, 0.15) is 5.82 Å². The number of amides is 2. The lowest BCUT2D eigenvalue weighted by molar-refractivity contribution is -0.133. The molecule has 6 nitrogen and oxygen atoms in total. The summed E-state index contributed by atoms with van der Waals surface area (Å²) in [4.78, 5) is 31.0. The third-order valence-corrected chi connectivity index (χ3v) is 5.55. The molecule has 0 bridgehead atoms. The molecule has 2 fully saturated rings. The van der Waals surface area contributed by atoms with Gasteiger partial charge in [-0.1, -0.05) is 25.0 Å². The van der Waals surface area contributed by atoms with Crippen LogP contribution in [-0.4, -0.2) is 78.9 Å². The van der Waals surface area contributed by atoms with E-state index >= 15 is 0 Å². The lowest BCUT2D eigenvalue weighted by atomic mass is 10.2. The predicted octanol–water partition coefficient (Wildman–Crippen LogP) is 1.46. The number of nitrogens with one attached hydrogen (secondary N) is 1. The van der Waals surface area contributed by atoms with Crippen molar-refractivity contribution < 1.29 is 14.0 Å². The average molecular weight is 391 g/mol. The Labute approximate surface area is 166 Å². The van der Waals surface area contributed by atoms with E-state index in [0.717, 1.165) is 57.7 Å². The molecule has 0 unspecified atom stereocenters. The highest BCUT2D eigenvalue weighted by Crippen LogP contribution is 2.11. The van der Waals surface area contributed by atoms with Gasteiger partial charge in [0.2, 0.25) is 11.8 Å². The minimum atomic E-state index is -0.276. The monoisotopic (exact) mass is 390 g/mol. The van der Waals surface area contributed by atoms with Crippen LogP contribution in [0.1, 0.15) is 31.2 Å². The number of halogens is 1. The van der Waals surface area contributed by atoms with Crippen LogP contribution in [0.15, 0.2) is 24.3 Å². The molecule has 1 N–H and O–H groups in total. The Kier molecular flexibility index (Phi) is 7.80. The van der Waals surface area contributed by atoms with Crippen LogP contribution in [-0.2, 0) is 16.1 Å². The third-order valence-electron chi connectivity index (χ3n) is 5.55. The second-order valence-corrected chi connectivity index (χ2v) is 7.75. The lowest BCUT2D eigenvalue weighted by Gasteiger charge is -2.35. The fourth-order valence-electron chi connectivity index (χ4n) is 3.78. The van der Waals surface area contributed by atoms with E-state index in [2.05, 4.69) is 15.1 Å². The zero-order chi connectivity index (χ0) is 19.8. The van der Waals surface area contributed by atoms with Crippen LogP contribution in [0.3, 0.4) is 0 Å². The van der Waals surface area contributed by atoms with Gasteiger partial charge < -0.3 is 10.2 Å². The molecule has 3 rings (SSSR count). The number of hydrogen-bond donors (Lipinski definition) is 1. The van der Waals surface area contributed by atoms with Crippen LogP contribution < -0.4 is 5.32 Å². The van der Waals surface area contributed by atoms with E-state index in [9.17, 15) is 14.0 Å². The molecule has 0 aromatic heterocycles. The van der Waals surface area contributed by atoms with Crippen molar-refractivity contribution in [3.63, 3.8) is 0 Å². The molecule has 2 amide bonds. The van der Waals surface area contributed by atoms with Gasteiger partial charge in [0.05, 0.1) is 13.1 Å². The first-order chi connectivity index (χ1) is 13.6. The summed E-state index contributed by atoms with van der Waals surface area (Å²) in [5.41, 5.74) is 0.881. The van der Waals surface area contributed by atoms with Gasteiger partial charge >= 0.3 is 0 Å². The van der Waals surface area contributed by atoms with Crippen molar-refractivity contribution in [2.75, 3.05) is 52.4 Å². The van der Waals surface area contributed by atoms with E-state index < -0.39 is 0 Å². The van der Waals surface area contributed by atoms with Gasteiger partial charge in [-0.3, -0.25) is 19.4 Å². The maximum absolute atomic E-state index is 12.9. The zero-order valence-electron chi connectivity index (χ0n) is 16.5. The number of likely N-dealkylation sites (tertiary alicyclic amines) is 1. The van der Waals surface area contributed by atoms with Crippen LogP contribution in [0, 0.1) is 5.82 Å². The highest BCUT2D eigenvalue weighted by atomic mass is 19.1. The highest BCUT2D eigenvalue weighted by Gasteiger charge is 2.23. The van der Waals surface area contributed by atoms with E-state index in [1.165, 1.54) is 25.0 Å². The van der Waals surface area contributed by atoms with E-state index in [4.69, 9.17) is 0 Å². The fourth-order valence-corrected chi connectivity index (χ4v) is 3.78. The molecule has 2 heterocycles.